The fourth-order valence-electron chi connectivity index (χ4n) is 5.40. The summed E-state index contributed by atoms with van der Waals surface area (Å²) in [5.74, 6) is 0.626. The molecule has 0 saturated carbocycles. The standard InChI is InChI=1S/C31H46N2O6S2.2K/c1-2-3-4-5-6-7-8-9-10-11-12-13-14-15-16-23-30-32-28-21-18-22-29(41(37,38)39)31(28)33(30)25-26-19-17-20-27(24-26)40(34,35)36;;/h17-22,24H,2-16,23,25H2,1H3,(H,34,35,36)(H,37,38,39);;/q;2*+1/p-2. The average Bonchev–Trinajstić information content (AvgIpc) is 3.27. The molecular weight excluding hydrogens is 639 g/mol. The maximum absolute atomic E-state index is 12.0. The number of nitrogens with zero attached hydrogens (tertiary/aromatic N) is 2. The van der Waals surface area contributed by atoms with Gasteiger partial charge in [-0.25, -0.2) is 21.8 Å². The van der Waals surface area contributed by atoms with Crippen LogP contribution in [0, 0.1) is 0 Å². The number of aryl methyl sites for hydroxylation is 1. The Labute approximate surface area is 343 Å². The molecule has 3 rings (SSSR count). The molecule has 0 bridgehead atoms. The molecule has 1 heterocycles. The third-order valence-corrected chi connectivity index (χ3v) is 9.31. The summed E-state index contributed by atoms with van der Waals surface area (Å²) in [6, 6.07) is 10.0. The molecule has 0 radical (unpaired) electrons. The van der Waals surface area contributed by atoms with E-state index < -0.39 is 20.2 Å². The van der Waals surface area contributed by atoms with Gasteiger partial charge in [0.25, 0.3) is 0 Å². The van der Waals surface area contributed by atoms with Crippen LogP contribution in [-0.2, 0) is 33.2 Å². The van der Waals surface area contributed by atoms with Crippen molar-refractivity contribution in [3.8, 4) is 0 Å². The molecule has 8 nitrogen and oxygen atoms in total. The zero-order valence-corrected chi connectivity index (χ0v) is 34.1. The van der Waals surface area contributed by atoms with Gasteiger partial charge < -0.3 is 13.7 Å². The Morgan fingerprint density at radius 3 is 1.70 bits per heavy atom. The Hall–Kier alpha value is 1.00. The van der Waals surface area contributed by atoms with Gasteiger partial charge >= 0.3 is 103 Å². The van der Waals surface area contributed by atoms with Gasteiger partial charge in [-0.15, -0.1) is 0 Å². The van der Waals surface area contributed by atoms with Crippen molar-refractivity contribution in [2.75, 3.05) is 0 Å². The third-order valence-electron chi connectivity index (χ3n) is 7.61. The van der Waals surface area contributed by atoms with Crippen molar-refractivity contribution in [1.29, 1.82) is 0 Å². The van der Waals surface area contributed by atoms with Gasteiger partial charge in [-0.3, -0.25) is 0 Å². The Balaban J connectivity index is 0.00000462. The van der Waals surface area contributed by atoms with Gasteiger partial charge in [-0.05, 0) is 36.2 Å². The van der Waals surface area contributed by atoms with Gasteiger partial charge in [-0.2, -0.15) is 0 Å². The van der Waals surface area contributed by atoms with E-state index >= 15 is 0 Å². The largest absolute Gasteiger partial charge is 1.00 e. The monoisotopic (exact) mass is 682 g/mol. The van der Waals surface area contributed by atoms with Crippen LogP contribution in [0.1, 0.15) is 115 Å². The number of imidazole rings is 1. The average molecular weight is 683 g/mol. The van der Waals surface area contributed by atoms with Crippen molar-refractivity contribution in [2.24, 2.45) is 0 Å². The minimum Gasteiger partial charge on any atom is -0.744 e. The molecule has 228 valence electrons. The first kappa shape index (κ1) is 42.0. The van der Waals surface area contributed by atoms with Gasteiger partial charge in [0.15, 0.2) is 0 Å². The van der Waals surface area contributed by atoms with E-state index in [0.29, 0.717) is 23.3 Å². The van der Waals surface area contributed by atoms with E-state index in [-0.39, 0.29) is 125 Å². The molecule has 1 aromatic heterocycles. The zero-order valence-electron chi connectivity index (χ0n) is 26.2. The van der Waals surface area contributed by atoms with Gasteiger partial charge in [-0.1, -0.05) is 115 Å². The Kier molecular flexibility index (Phi) is 21.3. The number of aromatic nitrogens is 2. The zero-order chi connectivity index (χ0) is 29.7. The molecule has 0 amide bonds. The molecule has 0 atom stereocenters. The van der Waals surface area contributed by atoms with Crippen molar-refractivity contribution in [1.82, 2.24) is 9.55 Å². The second-order valence-corrected chi connectivity index (χ2v) is 13.7. The summed E-state index contributed by atoms with van der Waals surface area (Å²) >= 11 is 0. The first-order chi connectivity index (χ1) is 19.6. The number of unbranched alkanes of at least 4 members (excludes halogenated alkanes) is 14. The fourth-order valence-corrected chi connectivity index (χ4v) is 6.64. The van der Waals surface area contributed by atoms with Crippen LogP contribution in [0.2, 0.25) is 0 Å². The predicted octanol–water partition coefficient (Wildman–Crippen LogP) is 1.31. The number of para-hydroxylation sites is 1. The quantitative estimate of drug-likeness (QED) is 0.0998. The summed E-state index contributed by atoms with van der Waals surface area (Å²) in [5, 5.41) is 0. The van der Waals surface area contributed by atoms with Crippen LogP contribution in [0.3, 0.4) is 0 Å². The number of hydrogen-bond acceptors (Lipinski definition) is 7. The molecule has 0 aliphatic heterocycles. The van der Waals surface area contributed by atoms with E-state index in [9.17, 15) is 25.9 Å². The SMILES string of the molecule is CCCCCCCCCCCCCCCCCc1nc2cccc(S(=O)(=O)[O-])c2n1Cc1cccc(S(=O)(=O)[O-])c1.[K+].[K+]. The second kappa shape index (κ2) is 21.8. The maximum Gasteiger partial charge on any atom is 1.00 e. The van der Waals surface area contributed by atoms with Crippen LogP contribution >= 0.6 is 0 Å². The molecule has 0 aliphatic rings. The van der Waals surface area contributed by atoms with Crippen molar-refractivity contribution >= 4 is 31.3 Å². The Bertz CT molecular complexity index is 1460. The van der Waals surface area contributed by atoms with Crippen molar-refractivity contribution in [3.05, 3.63) is 53.9 Å². The van der Waals surface area contributed by atoms with Gasteiger partial charge in [0.2, 0.25) is 0 Å². The minimum absolute atomic E-state index is 0. The maximum atomic E-state index is 12.0. The van der Waals surface area contributed by atoms with Crippen LogP contribution in [0.5, 0.6) is 0 Å². The molecule has 0 aliphatic carbocycles. The van der Waals surface area contributed by atoms with Crippen molar-refractivity contribution in [2.45, 2.75) is 126 Å². The first-order valence-electron chi connectivity index (χ1n) is 15.1. The van der Waals surface area contributed by atoms with Gasteiger partial charge in [0.05, 0.1) is 20.8 Å². The van der Waals surface area contributed by atoms with Crippen LogP contribution in [0.4, 0.5) is 0 Å². The van der Waals surface area contributed by atoms with Gasteiger partial charge in [0, 0.05) is 13.0 Å². The summed E-state index contributed by atoms with van der Waals surface area (Å²) in [7, 11) is -9.42. The second-order valence-electron chi connectivity index (χ2n) is 11.0. The summed E-state index contributed by atoms with van der Waals surface area (Å²) in [4.78, 5) is 3.91. The van der Waals surface area contributed by atoms with E-state index in [1.165, 1.54) is 107 Å². The number of benzene rings is 2. The van der Waals surface area contributed by atoms with Crippen molar-refractivity contribution in [3.63, 3.8) is 0 Å². The van der Waals surface area contributed by atoms with Crippen LogP contribution in [0.15, 0.2) is 52.3 Å². The van der Waals surface area contributed by atoms with Gasteiger partial charge in [0.1, 0.15) is 26.1 Å². The van der Waals surface area contributed by atoms with Crippen molar-refractivity contribution < 1.29 is 129 Å². The number of fused-ring (bicyclic) bond motifs is 1. The topological polar surface area (TPSA) is 132 Å². The Morgan fingerprint density at radius 1 is 0.674 bits per heavy atom. The molecule has 3 aromatic rings. The molecule has 0 N–H and O–H groups in total. The normalized spacial score (nSPS) is 11.8. The molecule has 43 heavy (non-hydrogen) atoms. The molecule has 0 fully saturated rings. The van der Waals surface area contributed by atoms with Crippen LogP contribution in [0.25, 0.3) is 11.0 Å². The van der Waals surface area contributed by atoms with Crippen LogP contribution < -0.4 is 103 Å². The van der Waals surface area contributed by atoms with E-state index in [1.807, 2.05) is 0 Å². The smallest absolute Gasteiger partial charge is 0.744 e. The number of hydrogen-bond donors (Lipinski definition) is 0. The van der Waals surface area contributed by atoms with E-state index in [0.717, 1.165) is 19.3 Å². The molecule has 12 heteroatoms. The molecule has 0 spiro atoms. The summed E-state index contributed by atoms with van der Waals surface area (Å²) in [6.45, 7) is 2.33. The van der Waals surface area contributed by atoms with E-state index in [2.05, 4.69) is 11.9 Å². The minimum atomic E-state index is -4.77. The third kappa shape index (κ3) is 14.8. The molecule has 0 saturated heterocycles. The molecule has 2 aromatic carbocycles. The predicted molar refractivity (Wildman–Crippen MR) is 160 cm³/mol. The number of rotatable bonds is 20. The summed E-state index contributed by atoms with van der Waals surface area (Å²) < 4.78 is 72.4. The fraction of sp³-hybridized carbons (Fsp3) is 0.581. The summed E-state index contributed by atoms with van der Waals surface area (Å²) in [5.41, 5.74) is 1.09. The summed E-state index contributed by atoms with van der Waals surface area (Å²) in [6.07, 6.45) is 19.4. The molecule has 0 unspecified atom stereocenters. The van der Waals surface area contributed by atoms with E-state index in [4.69, 9.17) is 0 Å². The Morgan fingerprint density at radius 2 is 1.19 bits per heavy atom. The molecular formula is C31H44K2N2O6S2. The van der Waals surface area contributed by atoms with Crippen LogP contribution in [-0.4, -0.2) is 35.5 Å². The van der Waals surface area contributed by atoms with E-state index in [1.54, 1.807) is 16.7 Å². The first-order valence-corrected chi connectivity index (χ1v) is 17.9.